The lowest BCUT2D eigenvalue weighted by atomic mass is 9.77. The number of aromatic nitrogens is 3. The minimum Gasteiger partial charge on any atom is -0.316 e. The van der Waals surface area contributed by atoms with Gasteiger partial charge in [0.2, 0.25) is 0 Å². The molecule has 3 heterocycles. The molecule has 7 heteroatoms. The van der Waals surface area contributed by atoms with Crippen LogP contribution in [0, 0.1) is 12.8 Å². The molecular weight excluding hydrogens is 377 g/mol. The first-order valence-electron chi connectivity index (χ1n) is 10.9. The van der Waals surface area contributed by atoms with Crippen molar-refractivity contribution in [1.29, 1.82) is 0 Å². The predicted octanol–water partition coefficient (Wildman–Crippen LogP) is 5.08. The Labute approximate surface area is 170 Å². The first-order valence-corrected chi connectivity index (χ1v) is 10.9. The molecule has 1 aliphatic heterocycles. The van der Waals surface area contributed by atoms with Crippen LogP contribution < -0.4 is 5.32 Å². The van der Waals surface area contributed by atoms with E-state index in [0.717, 1.165) is 49.4 Å². The van der Waals surface area contributed by atoms with Crippen LogP contribution >= 0.6 is 0 Å². The quantitative estimate of drug-likeness (QED) is 0.770. The number of alkyl halides is 3. The molecule has 1 saturated heterocycles. The van der Waals surface area contributed by atoms with Crippen LogP contribution in [0.15, 0.2) is 6.07 Å². The summed E-state index contributed by atoms with van der Waals surface area (Å²) in [5.74, 6) is -1.07. The van der Waals surface area contributed by atoms with Gasteiger partial charge in [0, 0.05) is 29.6 Å². The Morgan fingerprint density at radius 1 is 1.24 bits per heavy atom. The first-order chi connectivity index (χ1) is 13.7. The van der Waals surface area contributed by atoms with Crippen LogP contribution in [0.4, 0.5) is 13.2 Å². The van der Waals surface area contributed by atoms with E-state index < -0.39 is 12.1 Å². The van der Waals surface area contributed by atoms with Gasteiger partial charge in [-0.1, -0.05) is 13.8 Å². The summed E-state index contributed by atoms with van der Waals surface area (Å²) in [5, 5.41) is 8.47. The fraction of sp³-hybridized carbons (Fsp3) is 0.727. The SMILES string of the molecule is CCc1c(C)nc2cc(C3CCC(C(F)(F)F)CC3)nn2c1[C@]1(C)CCCNC1. The van der Waals surface area contributed by atoms with E-state index in [1.54, 1.807) is 0 Å². The molecule has 1 saturated carbocycles. The summed E-state index contributed by atoms with van der Waals surface area (Å²) >= 11 is 0. The molecule has 1 N–H and O–H groups in total. The number of aryl methyl sites for hydroxylation is 1. The van der Waals surface area contributed by atoms with Crippen LogP contribution in [0.25, 0.3) is 5.65 Å². The van der Waals surface area contributed by atoms with E-state index >= 15 is 0 Å². The van der Waals surface area contributed by atoms with Crippen LogP contribution in [0.3, 0.4) is 0 Å². The third-order valence-electron chi connectivity index (χ3n) is 7.06. The van der Waals surface area contributed by atoms with Gasteiger partial charge in [0.25, 0.3) is 0 Å². The summed E-state index contributed by atoms with van der Waals surface area (Å²) in [4.78, 5) is 4.80. The molecule has 4 nitrogen and oxygen atoms in total. The van der Waals surface area contributed by atoms with E-state index in [1.165, 1.54) is 11.3 Å². The van der Waals surface area contributed by atoms with Gasteiger partial charge in [0.05, 0.1) is 17.3 Å². The summed E-state index contributed by atoms with van der Waals surface area (Å²) in [6.07, 6.45) is 0.519. The van der Waals surface area contributed by atoms with E-state index in [1.807, 2.05) is 10.6 Å². The monoisotopic (exact) mass is 408 g/mol. The molecule has 1 atom stereocenters. The number of nitrogens with one attached hydrogen (secondary N) is 1. The molecule has 2 aromatic heterocycles. The van der Waals surface area contributed by atoms with Crippen LogP contribution in [0.5, 0.6) is 0 Å². The Balaban J connectivity index is 1.72. The topological polar surface area (TPSA) is 42.2 Å². The largest absolute Gasteiger partial charge is 0.391 e. The maximum Gasteiger partial charge on any atom is 0.391 e. The first kappa shape index (κ1) is 20.6. The highest BCUT2D eigenvalue weighted by Crippen LogP contribution is 2.43. The zero-order valence-electron chi connectivity index (χ0n) is 17.6. The van der Waals surface area contributed by atoms with Crippen molar-refractivity contribution in [2.75, 3.05) is 13.1 Å². The van der Waals surface area contributed by atoms with E-state index in [2.05, 4.69) is 26.1 Å². The van der Waals surface area contributed by atoms with E-state index in [-0.39, 0.29) is 24.2 Å². The number of rotatable bonds is 3. The average molecular weight is 409 g/mol. The number of hydrogen-bond donors (Lipinski definition) is 1. The molecule has 160 valence electrons. The molecule has 29 heavy (non-hydrogen) atoms. The van der Waals surface area contributed by atoms with Crippen molar-refractivity contribution in [2.24, 2.45) is 5.92 Å². The number of fused-ring (bicyclic) bond motifs is 1. The minimum absolute atomic E-state index is 0.0211. The highest BCUT2D eigenvalue weighted by molar-refractivity contribution is 5.47. The number of piperidine rings is 1. The van der Waals surface area contributed by atoms with Gasteiger partial charge in [-0.3, -0.25) is 0 Å². The maximum absolute atomic E-state index is 13.0. The van der Waals surface area contributed by atoms with Crippen LogP contribution in [0.2, 0.25) is 0 Å². The molecule has 2 aliphatic rings. The van der Waals surface area contributed by atoms with E-state index in [0.29, 0.717) is 12.8 Å². The summed E-state index contributed by atoms with van der Waals surface area (Å²) in [5.41, 5.74) is 5.22. The Bertz CT molecular complexity index is 872. The van der Waals surface area contributed by atoms with Crippen molar-refractivity contribution >= 4 is 5.65 Å². The number of nitrogens with zero attached hydrogens (tertiary/aromatic N) is 3. The highest BCUT2D eigenvalue weighted by atomic mass is 19.4. The molecule has 0 amide bonds. The highest BCUT2D eigenvalue weighted by Gasteiger charge is 2.42. The van der Waals surface area contributed by atoms with Gasteiger partial charge in [0.1, 0.15) is 0 Å². The second kappa shape index (κ2) is 7.56. The van der Waals surface area contributed by atoms with Crippen molar-refractivity contribution < 1.29 is 13.2 Å². The van der Waals surface area contributed by atoms with Crippen molar-refractivity contribution in [3.63, 3.8) is 0 Å². The van der Waals surface area contributed by atoms with Gasteiger partial charge in [-0.15, -0.1) is 0 Å². The third kappa shape index (κ3) is 3.78. The van der Waals surface area contributed by atoms with Crippen molar-refractivity contribution in [1.82, 2.24) is 19.9 Å². The molecule has 4 rings (SSSR count). The molecular formula is C22H31F3N4. The zero-order chi connectivity index (χ0) is 20.8. The smallest absolute Gasteiger partial charge is 0.316 e. The van der Waals surface area contributed by atoms with Gasteiger partial charge in [-0.05, 0) is 64.0 Å². The molecule has 0 radical (unpaired) electrons. The third-order valence-corrected chi connectivity index (χ3v) is 7.06. The Morgan fingerprint density at radius 2 is 1.97 bits per heavy atom. The van der Waals surface area contributed by atoms with Gasteiger partial charge in [0.15, 0.2) is 5.65 Å². The van der Waals surface area contributed by atoms with Crippen LogP contribution in [-0.2, 0) is 11.8 Å². The predicted molar refractivity (Wildman–Crippen MR) is 107 cm³/mol. The summed E-state index contributed by atoms with van der Waals surface area (Å²) in [7, 11) is 0. The van der Waals surface area contributed by atoms with Crippen LogP contribution in [-0.4, -0.2) is 33.9 Å². The van der Waals surface area contributed by atoms with Crippen molar-refractivity contribution in [3.8, 4) is 0 Å². The molecule has 0 bridgehead atoms. The minimum atomic E-state index is -4.08. The second-order valence-electron chi connectivity index (χ2n) is 9.15. The van der Waals surface area contributed by atoms with Gasteiger partial charge >= 0.3 is 6.18 Å². The molecule has 0 spiro atoms. The normalized spacial score (nSPS) is 28.8. The van der Waals surface area contributed by atoms with Crippen LogP contribution in [0.1, 0.15) is 80.9 Å². The fourth-order valence-electron chi connectivity index (χ4n) is 5.39. The molecule has 0 unspecified atom stereocenters. The molecule has 0 aromatic carbocycles. The van der Waals surface area contributed by atoms with Gasteiger partial charge in [-0.25, -0.2) is 9.50 Å². The molecule has 1 aliphatic carbocycles. The summed E-state index contributed by atoms with van der Waals surface area (Å²) < 4.78 is 41.1. The average Bonchev–Trinajstić information content (AvgIpc) is 3.10. The molecule has 2 aromatic rings. The summed E-state index contributed by atoms with van der Waals surface area (Å²) in [6.45, 7) is 8.45. The Morgan fingerprint density at radius 3 is 2.55 bits per heavy atom. The lowest BCUT2D eigenvalue weighted by molar-refractivity contribution is -0.182. The zero-order valence-corrected chi connectivity index (χ0v) is 17.6. The van der Waals surface area contributed by atoms with Crippen molar-refractivity contribution in [3.05, 3.63) is 28.7 Å². The second-order valence-corrected chi connectivity index (χ2v) is 9.15. The van der Waals surface area contributed by atoms with Gasteiger partial charge < -0.3 is 5.32 Å². The lowest BCUT2D eigenvalue weighted by Gasteiger charge is -2.36. The van der Waals surface area contributed by atoms with Gasteiger partial charge in [-0.2, -0.15) is 18.3 Å². The maximum atomic E-state index is 13.0. The Hall–Kier alpha value is -1.63. The standard InChI is InChI=1S/C22H31F3N4/c1-4-17-14(2)27-19-12-18(15-6-8-16(9-7-15)22(23,24)25)28-29(19)20(17)21(3)10-5-11-26-13-21/h12,15-16,26H,4-11,13H2,1-3H3/t15?,16?,21-/m1/s1. The summed E-state index contributed by atoms with van der Waals surface area (Å²) in [6, 6.07) is 2.01. The number of hydrogen-bond acceptors (Lipinski definition) is 3. The lowest BCUT2D eigenvalue weighted by Crippen LogP contribution is -2.43. The number of halogens is 3. The van der Waals surface area contributed by atoms with E-state index in [4.69, 9.17) is 10.1 Å². The molecule has 2 fully saturated rings. The fourth-order valence-corrected chi connectivity index (χ4v) is 5.39. The Kier molecular flexibility index (Phi) is 5.38. The van der Waals surface area contributed by atoms with Crippen molar-refractivity contribution in [2.45, 2.75) is 83.2 Å². The van der Waals surface area contributed by atoms with E-state index in [9.17, 15) is 13.2 Å².